The average Bonchev–Trinajstić information content (AvgIpc) is 2.71. The van der Waals surface area contributed by atoms with Crippen molar-refractivity contribution in [3.05, 3.63) is 93.2 Å². The van der Waals surface area contributed by atoms with Crippen molar-refractivity contribution >= 4 is 39.0 Å². The van der Waals surface area contributed by atoms with Crippen LogP contribution in [0.4, 0.5) is 15.8 Å². The summed E-state index contributed by atoms with van der Waals surface area (Å²) in [6, 6.07) is 13.3. The number of rotatable bonds is 6. The number of carbonyl (C=O) groups excluding carboxylic acids is 1. The lowest BCUT2D eigenvalue weighted by atomic mass is 10.2. The lowest BCUT2D eigenvalue weighted by molar-refractivity contribution is -0.385. The molecular weight excluding hydrogens is 439 g/mol. The van der Waals surface area contributed by atoms with E-state index in [0.717, 1.165) is 24.3 Å². The maximum atomic E-state index is 13.2. The van der Waals surface area contributed by atoms with E-state index in [1.165, 1.54) is 42.5 Å². The molecule has 3 rings (SSSR count). The molecule has 30 heavy (non-hydrogen) atoms. The topological polar surface area (TPSA) is 116 Å². The van der Waals surface area contributed by atoms with Gasteiger partial charge in [-0.05, 0) is 48.5 Å². The number of carbonyl (C=O) groups is 1. The molecule has 0 aromatic heterocycles. The number of halogens is 2. The second kappa shape index (κ2) is 8.47. The van der Waals surface area contributed by atoms with E-state index in [1.54, 1.807) is 0 Å². The maximum Gasteiger partial charge on any atom is 0.339 e. The normalized spacial score (nSPS) is 11.0. The second-order valence-electron chi connectivity index (χ2n) is 5.90. The van der Waals surface area contributed by atoms with Crippen LogP contribution in [0.3, 0.4) is 0 Å². The number of hydrogen-bond acceptors (Lipinski definition) is 6. The Labute approximate surface area is 175 Å². The van der Waals surface area contributed by atoms with Crippen LogP contribution in [0.25, 0.3) is 0 Å². The number of hydrogen-bond donors (Lipinski definition) is 1. The van der Waals surface area contributed by atoms with Crippen LogP contribution in [0.5, 0.6) is 5.75 Å². The van der Waals surface area contributed by atoms with Crippen molar-refractivity contribution in [2.45, 2.75) is 4.90 Å². The highest BCUT2D eigenvalue weighted by Gasteiger charge is 2.20. The van der Waals surface area contributed by atoms with Crippen molar-refractivity contribution in [2.75, 3.05) is 5.32 Å². The summed E-state index contributed by atoms with van der Waals surface area (Å²) in [6.07, 6.45) is 0. The van der Waals surface area contributed by atoms with Crippen LogP contribution >= 0.6 is 11.6 Å². The zero-order valence-electron chi connectivity index (χ0n) is 14.9. The number of anilines is 1. The van der Waals surface area contributed by atoms with Crippen molar-refractivity contribution in [1.29, 1.82) is 0 Å². The minimum absolute atomic E-state index is 0.0946. The molecule has 0 fully saturated rings. The van der Waals surface area contributed by atoms with Gasteiger partial charge < -0.3 is 9.50 Å². The number of nitrogens with zero attached hydrogens (tertiary/aromatic N) is 1. The standard InChI is InChI=1S/C19H12ClFN2O6S/c20-17-10-13(6-9-18(17)21)22-19(24)12-4-7-15(8-5-12)29-30(27,28)16-3-1-2-14(11-16)23(25)26/h1-11H,(H,22,24). The van der Waals surface area contributed by atoms with Crippen molar-refractivity contribution < 1.29 is 26.7 Å². The molecule has 1 amide bonds. The van der Waals surface area contributed by atoms with Gasteiger partial charge in [0, 0.05) is 23.4 Å². The minimum Gasteiger partial charge on any atom is -0.379 e. The predicted molar refractivity (Wildman–Crippen MR) is 107 cm³/mol. The first kappa shape index (κ1) is 21.2. The van der Waals surface area contributed by atoms with Crippen molar-refractivity contribution in [1.82, 2.24) is 0 Å². The van der Waals surface area contributed by atoms with Crippen molar-refractivity contribution in [2.24, 2.45) is 0 Å². The first-order valence-electron chi connectivity index (χ1n) is 8.21. The van der Waals surface area contributed by atoms with Crippen LogP contribution in [0.2, 0.25) is 5.02 Å². The molecule has 8 nitrogen and oxygen atoms in total. The third-order valence-electron chi connectivity index (χ3n) is 3.82. The van der Waals surface area contributed by atoms with Gasteiger partial charge in [-0.3, -0.25) is 14.9 Å². The van der Waals surface area contributed by atoms with Crippen LogP contribution in [0.1, 0.15) is 10.4 Å². The van der Waals surface area contributed by atoms with E-state index < -0.39 is 32.5 Å². The molecule has 3 aromatic carbocycles. The molecule has 0 aliphatic rings. The highest BCUT2D eigenvalue weighted by Crippen LogP contribution is 2.23. The van der Waals surface area contributed by atoms with Gasteiger partial charge in [0.15, 0.2) is 0 Å². The van der Waals surface area contributed by atoms with Crippen molar-refractivity contribution in [3.8, 4) is 5.75 Å². The van der Waals surface area contributed by atoms with Gasteiger partial charge >= 0.3 is 10.1 Å². The fraction of sp³-hybridized carbons (Fsp3) is 0. The molecule has 0 unspecified atom stereocenters. The molecule has 3 aromatic rings. The molecule has 0 saturated carbocycles. The summed E-state index contributed by atoms with van der Waals surface area (Å²) in [5.74, 6) is -1.25. The highest BCUT2D eigenvalue weighted by molar-refractivity contribution is 7.87. The molecule has 0 radical (unpaired) electrons. The van der Waals surface area contributed by atoms with Crippen LogP contribution in [0, 0.1) is 15.9 Å². The first-order valence-corrected chi connectivity index (χ1v) is 10.00. The second-order valence-corrected chi connectivity index (χ2v) is 7.85. The van der Waals surface area contributed by atoms with Gasteiger partial charge in [-0.25, -0.2) is 4.39 Å². The summed E-state index contributed by atoms with van der Waals surface area (Å²) in [5.41, 5.74) is 0.0584. The van der Waals surface area contributed by atoms with Crippen LogP contribution < -0.4 is 9.50 Å². The van der Waals surface area contributed by atoms with E-state index in [0.29, 0.717) is 0 Å². The quantitative estimate of drug-likeness (QED) is 0.338. The van der Waals surface area contributed by atoms with Crippen LogP contribution in [0.15, 0.2) is 71.6 Å². The van der Waals surface area contributed by atoms with Crippen molar-refractivity contribution in [3.63, 3.8) is 0 Å². The van der Waals surface area contributed by atoms with Gasteiger partial charge in [0.1, 0.15) is 16.5 Å². The third-order valence-corrected chi connectivity index (χ3v) is 5.35. The Balaban J connectivity index is 1.73. The third kappa shape index (κ3) is 4.91. The Hall–Kier alpha value is -3.50. The Kier molecular flexibility index (Phi) is 5.99. The molecule has 0 aliphatic heterocycles. The average molecular weight is 451 g/mol. The molecule has 0 saturated heterocycles. The largest absolute Gasteiger partial charge is 0.379 e. The van der Waals surface area contributed by atoms with E-state index in [1.807, 2.05) is 0 Å². The number of nitrogens with one attached hydrogen (secondary N) is 1. The van der Waals surface area contributed by atoms with Gasteiger partial charge in [-0.1, -0.05) is 17.7 Å². The number of benzene rings is 3. The zero-order valence-corrected chi connectivity index (χ0v) is 16.5. The molecular formula is C19H12ClFN2O6S. The monoisotopic (exact) mass is 450 g/mol. The Bertz CT molecular complexity index is 1230. The van der Waals surface area contributed by atoms with E-state index in [4.69, 9.17) is 15.8 Å². The molecule has 11 heteroatoms. The Morgan fingerprint density at radius 1 is 1.07 bits per heavy atom. The number of amides is 1. The number of nitro benzene ring substituents is 1. The highest BCUT2D eigenvalue weighted by atomic mass is 35.5. The van der Waals surface area contributed by atoms with Gasteiger partial charge in [0.05, 0.1) is 9.95 Å². The molecule has 154 valence electrons. The Morgan fingerprint density at radius 2 is 1.77 bits per heavy atom. The fourth-order valence-electron chi connectivity index (χ4n) is 2.37. The van der Waals surface area contributed by atoms with E-state index >= 15 is 0 Å². The Morgan fingerprint density at radius 3 is 2.40 bits per heavy atom. The van der Waals surface area contributed by atoms with E-state index in [2.05, 4.69) is 5.32 Å². The van der Waals surface area contributed by atoms with Crippen LogP contribution in [-0.4, -0.2) is 19.2 Å². The lowest BCUT2D eigenvalue weighted by Gasteiger charge is -2.09. The van der Waals surface area contributed by atoms with Gasteiger partial charge in [0.2, 0.25) is 0 Å². The molecule has 0 atom stereocenters. The van der Waals surface area contributed by atoms with Gasteiger partial charge in [0.25, 0.3) is 11.6 Å². The SMILES string of the molecule is O=C(Nc1ccc(F)c(Cl)c1)c1ccc(OS(=O)(=O)c2cccc([N+](=O)[O-])c2)cc1. The molecule has 0 heterocycles. The molecule has 0 aliphatic carbocycles. The summed E-state index contributed by atoms with van der Waals surface area (Å²) >= 11 is 5.67. The first-order chi connectivity index (χ1) is 14.2. The summed E-state index contributed by atoms with van der Waals surface area (Å²) in [4.78, 5) is 22.0. The van der Waals surface area contributed by atoms with Crippen LogP contribution in [-0.2, 0) is 10.1 Å². The number of non-ortho nitro benzene ring substituents is 1. The minimum atomic E-state index is -4.32. The fourth-order valence-corrected chi connectivity index (χ4v) is 3.52. The van der Waals surface area contributed by atoms with E-state index in [-0.39, 0.29) is 26.9 Å². The summed E-state index contributed by atoms with van der Waals surface area (Å²) < 4.78 is 42.8. The summed E-state index contributed by atoms with van der Waals surface area (Å²) in [7, 11) is -4.32. The van der Waals surface area contributed by atoms with Gasteiger partial charge in [-0.15, -0.1) is 0 Å². The summed E-state index contributed by atoms with van der Waals surface area (Å²) in [5, 5.41) is 13.2. The van der Waals surface area contributed by atoms with E-state index in [9.17, 15) is 27.7 Å². The molecule has 0 bridgehead atoms. The predicted octanol–water partition coefficient (Wildman–Crippen LogP) is 4.41. The molecule has 0 spiro atoms. The lowest BCUT2D eigenvalue weighted by Crippen LogP contribution is -2.13. The van der Waals surface area contributed by atoms with Gasteiger partial charge in [-0.2, -0.15) is 8.42 Å². The smallest absolute Gasteiger partial charge is 0.339 e. The summed E-state index contributed by atoms with van der Waals surface area (Å²) in [6.45, 7) is 0. The zero-order chi connectivity index (χ0) is 21.9. The maximum absolute atomic E-state index is 13.2. The molecule has 1 N–H and O–H groups in total. The number of nitro groups is 1.